The van der Waals surface area contributed by atoms with Gasteiger partial charge in [-0.2, -0.15) is 0 Å². The first kappa shape index (κ1) is 9.15. The highest BCUT2D eigenvalue weighted by Gasteiger charge is 2.18. The number of carbonyl (C=O) groups is 1. The number of nitrogens with zero attached hydrogens (tertiary/aromatic N) is 1. The summed E-state index contributed by atoms with van der Waals surface area (Å²) in [6, 6.07) is 3.33. The minimum atomic E-state index is -0.224. The third kappa shape index (κ3) is 1.48. The lowest BCUT2D eigenvalue weighted by Crippen LogP contribution is -2.26. The average Bonchev–Trinajstić information content (AvgIpc) is 2.71. The smallest absolute Gasteiger partial charge is 0.261 e. The van der Waals surface area contributed by atoms with Crippen LogP contribution in [0.5, 0.6) is 0 Å². The normalized spacial score (nSPS) is 21.0. The Bertz CT molecular complexity index is 391. The van der Waals surface area contributed by atoms with Gasteiger partial charge in [0, 0.05) is 12.8 Å². The Balaban J connectivity index is 2.42. The Labute approximate surface area is 81.1 Å². The first-order valence-electron chi connectivity index (χ1n) is 4.57. The van der Waals surface area contributed by atoms with Gasteiger partial charge in [0.25, 0.3) is 5.56 Å². The number of pyridine rings is 1. The number of hydrogen-bond acceptors (Lipinski definition) is 3. The Kier molecular flexibility index (Phi) is 2.45. The molecule has 0 aromatic carbocycles. The molecule has 1 atom stereocenters. The molecule has 0 bridgehead atoms. The van der Waals surface area contributed by atoms with Crippen molar-refractivity contribution in [2.45, 2.75) is 12.5 Å². The van der Waals surface area contributed by atoms with E-state index in [0.29, 0.717) is 19.5 Å². The van der Waals surface area contributed by atoms with Gasteiger partial charge in [-0.25, -0.2) is 0 Å². The van der Waals surface area contributed by atoms with Crippen molar-refractivity contribution in [1.82, 2.24) is 4.57 Å². The zero-order valence-corrected chi connectivity index (χ0v) is 7.68. The zero-order valence-electron chi connectivity index (χ0n) is 7.68. The van der Waals surface area contributed by atoms with E-state index < -0.39 is 0 Å². The molecule has 2 heterocycles. The van der Waals surface area contributed by atoms with Gasteiger partial charge in [-0.3, -0.25) is 9.59 Å². The Morgan fingerprint density at radius 2 is 2.43 bits per heavy atom. The minimum absolute atomic E-state index is 0.0856. The molecule has 0 unspecified atom stereocenters. The summed E-state index contributed by atoms with van der Waals surface area (Å²) in [5.41, 5.74) is -0.0163. The van der Waals surface area contributed by atoms with Crippen LogP contribution in [0.2, 0.25) is 0 Å². The molecular weight excluding hydrogens is 182 g/mol. The summed E-state index contributed by atoms with van der Waals surface area (Å²) in [6.45, 7) is 1.24. The Hall–Kier alpha value is -1.42. The molecule has 1 fully saturated rings. The molecule has 1 aliphatic rings. The molecule has 0 aliphatic carbocycles. The predicted octanol–water partition coefficient (Wildman–Crippen LogP) is 0.622. The molecule has 0 amide bonds. The van der Waals surface area contributed by atoms with Crippen molar-refractivity contribution >= 4 is 6.29 Å². The zero-order chi connectivity index (χ0) is 9.97. The van der Waals surface area contributed by atoms with Crippen molar-refractivity contribution in [2.24, 2.45) is 0 Å². The lowest BCUT2D eigenvalue weighted by Gasteiger charge is -2.11. The number of aldehydes is 1. The van der Waals surface area contributed by atoms with E-state index >= 15 is 0 Å². The molecule has 14 heavy (non-hydrogen) atoms. The first-order chi connectivity index (χ1) is 6.83. The fourth-order valence-corrected chi connectivity index (χ4v) is 1.65. The second-order valence-electron chi connectivity index (χ2n) is 3.31. The molecule has 0 radical (unpaired) electrons. The Morgan fingerprint density at radius 1 is 1.57 bits per heavy atom. The van der Waals surface area contributed by atoms with Crippen LogP contribution in [0.15, 0.2) is 23.1 Å². The molecule has 0 N–H and O–H groups in total. The van der Waals surface area contributed by atoms with E-state index in [4.69, 9.17) is 4.74 Å². The van der Waals surface area contributed by atoms with E-state index in [1.54, 1.807) is 16.8 Å². The van der Waals surface area contributed by atoms with Gasteiger partial charge >= 0.3 is 0 Å². The second-order valence-corrected chi connectivity index (χ2v) is 3.31. The van der Waals surface area contributed by atoms with Crippen molar-refractivity contribution in [2.75, 3.05) is 13.2 Å². The fourth-order valence-electron chi connectivity index (χ4n) is 1.65. The molecule has 1 aromatic heterocycles. The van der Waals surface area contributed by atoms with Gasteiger partial charge < -0.3 is 9.30 Å². The summed E-state index contributed by atoms with van der Waals surface area (Å²) in [7, 11) is 0. The summed E-state index contributed by atoms with van der Waals surface area (Å²) >= 11 is 0. The first-order valence-corrected chi connectivity index (χ1v) is 4.57. The maximum atomic E-state index is 11.7. The number of hydrogen-bond donors (Lipinski definition) is 0. The number of rotatable bonds is 2. The van der Waals surface area contributed by atoms with Crippen LogP contribution < -0.4 is 5.56 Å². The minimum Gasteiger partial charge on any atom is -0.379 e. The van der Waals surface area contributed by atoms with Gasteiger partial charge in [0.2, 0.25) is 0 Å². The summed E-state index contributed by atoms with van der Waals surface area (Å²) < 4.78 is 6.77. The molecule has 1 saturated heterocycles. The SMILES string of the molecule is O=Cc1cccn([C@H]2CCOC2)c1=O. The highest BCUT2D eigenvalue weighted by Crippen LogP contribution is 2.16. The number of carbonyl (C=O) groups excluding carboxylic acids is 1. The van der Waals surface area contributed by atoms with Crippen LogP contribution in [0.3, 0.4) is 0 Å². The lowest BCUT2D eigenvalue weighted by molar-refractivity contribution is 0.112. The molecule has 74 valence electrons. The van der Waals surface area contributed by atoms with Crippen LogP contribution in [0.25, 0.3) is 0 Å². The Morgan fingerprint density at radius 3 is 3.07 bits per heavy atom. The predicted molar refractivity (Wildman–Crippen MR) is 50.6 cm³/mol. The van der Waals surface area contributed by atoms with Gasteiger partial charge in [0.1, 0.15) is 0 Å². The van der Waals surface area contributed by atoms with Crippen LogP contribution in [0, 0.1) is 0 Å². The molecule has 1 aliphatic heterocycles. The molecule has 4 nitrogen and oxygen atoms in total. The van der Waals surface area contributed by atoms with Crippen LogP contribution >= 0.6 is 0 Å². The molecule has 0 spiro atoms. The van der Waals surface area contributed by atoms with Crippen molar-refractivity contribution in [3.8, 4) is 0 Å². The highest BCUT2D eigenvalue weighted by atomic mass is 16.5. The molecule has 0 saturated carbocycles. The molecule has 4 heteroatoms. The van der Waals surface area contributed by atoms with Crippen molar-refractivity contribution < 1.29 is 9.53 Å². The summed E-state index contributed by atoms with van der Waals surface area (Å²) in [4.78, 5) is 22.2. The monoisotopic (exact) mass is 193 g/mol. The third-order valence-electron chi connectivity index (χ3n) is 2.43. The van der Waals surface area contributed by atoms with E-state index in [2.05, 4.69) is 0 Å². The summed E-state index contributed by atoms with van der Waals surface area (Å²) in [5, 5.41) is 0. The van der Waals surface area contributed by atoms with Crippen LogP contribution in [0.4, 0.5) is 0 Å². The maximum Gasteiger partial charge on any atom is 0.261 e. The second kappa shape index (κ2) is 3.75. The maximum absolute atomic E-state index is 11.7. The van der Waals surface area contributed by atoms with Gasteiger partial charge in [0.05, 0.1) is 18.2 Å². The fraction of sp³-hybridized carbons (Fsp3) is 0.400. The lowest BCUT2D eigenvalue weighted by atomic mass is 10.2. The summed E-state index contributed by atoms with van der Waals surface area (Å²) in [5.74, 6) is 0. The van der Waals surface area contributed by atoms with Crippen molar-refractivity contribution in [3.63, 3.8) is 0 Å². The van der Waals surface area contributed by atoms with E-state index in [0.717, 1.165) is 6.42 Å². The van der Waals surface area contributed by atoms with Gasteiger partial charge in [0.15, 0.2) is 6.29 Å². The van der Waals surface area contributed by atoms with E-state index in [1.807, 2.05) is 0 Å². The largest absolute Gasteiger partial charge is 0.379 e. The van der Waals surface area contributed by atoms with E-state index in [1.165, 1.54) is 6.07 Å². The highest BCUT2D eigenvalue weighted by molar-refractivity contribution is 5.73. The molecule has 1 aromatic rings. The van der Waals surface area contributed by atoms with Gasteiger partial charge in [-0.1, -0.05) is 0 Å². The number of aromatic nitrogens is 1. The van der Waals surface area contributed by atoms with Crippen LogP contribution in [-0.4, -0.2) is 24.1 Å². The summed E-state index contributed by atoms with van der Waals surface area (Å²) in [6.07, 6.45) is 3.13. The number of ether oxygens (including phenoxy) is 1. The third-order valence-corrected chi connectivity index (χ3v) is 2.43. The average molecular weight is 193 g/mol. The standard InChI is InChI=1S/C10H11NO3/c12-6-8-2-1-4-11(10(8)13)9-3-5-14-7-9/h1-2,4,6,9H,3,5,7H2/t9-/m0/s1. The van der Waals surface area contributed by atoms with E-state index in [-0.39, 0.29) is 17.2 Å². The van der Waals surface area contributed by atoms with E-state index in [9.17, 15) is 9.59 Å². The van der Waals surface area contributed by atoms with Crippen LogP contribution in [-0.2, 0) is 4.74 Å². The quantitative estimate of drug-likeness (QED) is 0.647. The van der Waals surface area contributed by atoms with Crippen molar-refractivity contribution in [1.29, 1.82) is 0 Å². The molecular formula is C10H11NO3. The van der Waals surface area contributed by atoms with Crippen LogP contribution in [0.1, 0.15) is 22.8 Å². The van der Waals surface area contributed by atoms with Gasteiger partial charge in [-0.15, -0.1) is 0 Å². The van der Waals surface area contributed by atoms with Gasteiger partial charge in [-0.05, 0) is 18.6 Å². The van der Waals surface area contributed by atoms with Crippen molar-refractivity contribution in [3.05, 3.63) is 34.2 Å². The molecule has 2 rings (SSSR count). The topological polar surface area (TPSA) is 48.3 Å².